The molecular weight excluding hydrogens is 426 g/mol. The Bertz CT molecular complexity index is 1240. The van der Waals surface area contributed by atoms with E-state index in [0.717, 1.165) is 35.2 Å². The van der Waals surface area contributed by atoms with E-state index in [1.54, 1.807) is 19.4 Å². The van der Waals surface area contributed by atoms with Gasteiger partial charge in [-0.05, 0) is 26.2 Å². The molecule has 0 aliphatic rings. The molecule has 8 nitrogen and oxygen atoms in total. The Morgan fingerprint density at radius 2 is 2.00 bits per heavy atom. The Hall–Kier alpha value is -3.49. The lowest BCUT2D eigenvalue weighted by atomic mass is 10.1. The third-order valence-corrected chi connectivity index (χ3v) is 5.36. The molecule has 0 amide bonds. The highest BCUT2D eigenvalue weighted by molar-refractivity contribution is 6.33. The monoisotopic (exact) mass is 451 g/mol. The predicted molar refractivity (Wildman–Crippen MR) is 132 cm³/mol. The van der Waals surface area contributed by atoms with Crippen molar-refractivity contribution in [1.29, 1.82) is 0 Å². The van der Waals surface area contributed by atoms with Crippen molar-refractivity contribution in [1.82, 2.24) is 19.9 Å². The number of anilines is 4. The molecule has 166 valence electrons. The molecule has 2 aromatic carbocycles. The van der Waals surface area contributed by atoms with E-state index in [2.05, 4.69) is 30.5 Å². The number of nitrogens with one attached hydrogen (secondary N) is 3. The number of benzene rings is 2. The van der Waals surface area contributed by atoms with Crippen LogP contribution in [-0.2, 0) is 0 Å². The maximum Gasteiger partial charge on any atom is 0.227 e. The Kier molecular flexibility index (Phi) is 6.34. The summed E-state index contributed by atoms with van der Waals surface area (Å²) >= 11 is 6.44. The molecule has 0 atom stereocenters. The van der Waals surface area contributed by atoms with Gasteiger partial charge in [-0.25, -0.2) is 9.97 Å². The molecule has 4 aromatic rings. The van der Waals surface area contributed by atoms with Gasteiger partial charge >= 0.3 is 0 Å². The first kappa shape index (κ1) is 21.7. The van der Waals surface area contributed by atoms with E-state index in [-0.39, 0.29) is 0 Å². The van der Waals surface area contributed by atoms with Crippen LogP contribution in [0.3, 0.4) is 0 Å². The molecule has 5 N–H and O–H groups in total. The lowest BCUT2D eigenvalue weighted by Gasteiger charge is -2.17. The molecule has 4 rings (SSSR count). The van der Waals surface area contributed by atoms with Crippen LogP contribution >= 0.6 is 11.6 Å². The van der Waals surface area contributed by atoms with Crippen molar-refractivity contribution < 1.29 is 4.74 Å². The zero-order valence-corrected chi connectivity index (χ0v) is 19.0. The number of methoxy groups -OCH3 is 1. The minimum Gasteiger partial charge on any atom is -0.494 e. The number of fused-ring (bicyclic) bond motifs is 1. The highest BCUT2D eigenvalue weighted by Crippen LogP contribution is 2.36. The van der Waals surface area contributed by atoms with Gasteiger partial charge in [0.25, 0.3) is 0 Å². The molecular formula is C23H26ClN7O. The van der Waals surface area contributed by atoms with E-state index in [1.807, 2.05) is 50.6 Å². The Morgan fingerprint density at radius 3 is 2.78 bits per heavy atom. The number of hydrogen-bond donors (Lipinski definition) is 4. The van der Waals surface area contributed by atoms with Crippen molar-refractivity contribution in [2.24, 2.45) is 0 Å². The zero-order valence-electron chi connectivity index (χ0n) is 18.2. The molecule has 2 heterocycles. The standard InChI is InChI=1S/C23H26ClN7O/c1-31(2)9-8-26-19-11-21(32-3)20(10-17(19)25)29-23-28-13-16(24)22(30-23)15-12-27-18-7-5-4-6-14(15)18/h4-7,10-13,26-27H,8-9,25H2,1-3H3,(H,28,29,30). The van der Waals surface area contributed by atoms with Crippen LogP contribution in [0.25, 0.3) is 22.2 Å². The van der Waals surface area contributed by atoms with Crippen LogP contribution in [-0.4, -0.2) is 54.1 Å². The third kappa shape index (κ3) is 4.56. The molecule has 0 spiro atoms. The van der Waals surface area contributed by atoms with Gasteiger partial charge in [-0.3, -0.25) is 0 Å². The van der Waals surface area contributed by atoms with E-state index in [0.29, 0.717) is 33.8 Å². The van der Waals surface area contributed by atoms with Crippen LogP contribution in [0.4, 0.5) is 23.0 Å². The number of nitrogens with two attached hydrogens (primary N) is 1. The van der Waals surface area contributed by atoms with E-state index in [9.17, 15) is 0 Å². The number of likely N-dealkylation sites (N-methyl/N-ethyl adjacent to an activating group) is 1. The number of nitrogens with zero attached hydrogens (tertiary/aromatic N) is 3. The van der Waals surface area contributed by atoms with Crippen LogP contribution in [0.15, 0.2) is 48.8 Å². The van der Waals surface area contributed by atoms with Crippen molar-refractivity contribution in [3.8, 4) is 17.0 Å². The molecule has 0 unspecified atom stereocenters. The molecule has 9 heteroatoms. The van der Waals surface area contributed by atoms with E-state index < -0.39 is 0 Å². The minimum absolute atomic E-state index is 0.390. The molecule has 0 aliphatic carbocycles. The van der Waals surface area contributed by atoms with E-state index >= 15 is 0 Å². The van der Waals surface area contributed by atoms with Gasteiger partial charge in [0.2, 0.25) is 5.95 Å². The summed E-state index contributed by atoms with van der Waals surface area (Å²) in [5.74, 6) is 1.01. The summed E-state index contributed by atoms with van der Waals surface area (Å²) in [7, 11) is 5.66. The van der Waals surface area contributed by atoms with Crippen molar-refractivity contribution in [2.45, 2.75) is 0 Å². The van der Waals surface area contributed by atoms with Crippen molar-refractivity contribution in [2.75, 3.05) is 50.7 Å². The van der Waals surface area contributed by atoms with E-state index in [4.69, 9.17) is 22.1 Å². The average molecular weight is 452 g/mol. The molecule has 0 radical (unpaired) electrons. The SMILES string of the molecule is COc1cc(NCCN(C)C)c(N)cc1Nc1ncc(Cl)c(-c2c[nH]c3ccccc23)n1. The maximum atomic E-state index is 6.44. The summed E-state index contributed by atoms with van der Waals surface area (Å²) in [5, 5.41) is 8.05. The van der Waals surface area contributed by atoms with Gasteiger partial charge in [0.15, 0.2) is 0 Å². The quantitative estimate of drug-likeness (QED) is 0.290. The van der Waals surface area contributed by atoms with Crippen LogP contribution in [0.2, 0.25) is 5.02 Å². The largest absolute Gasteiger partial charge is 0.494 e. The topological polar surface area (TPSA) is 104 Å². The minimum atomic E-state index is 0.390. The normalized spacial score (nSPS) is 11.2. The maximum absolute atomic E-state index is 6.44. The second-order valence-electron chi connectivity index (χ2n) is 7.63. The number of ether oxygens (including phenoxy) is 1. The number of aromatic amines is 1. The molecule has 32 heavy (non-hydrogen) atoms. The number of para-hydroxylation sites is 1. The van der Waals surface area contributed by atoms with E-state index in [1.165, 1.54) is 0 Å². The van der Waals surface area contributed by atoms with Crippen LogP contribution in [0.1, 0.15) is 0 Å². The van der Waals surface area contributed by atoms with Crippen LogP contribution < -0.4 is 21.1 Å². The van der Waals surface area contributed by atoms with Gasteiger partial charge in [-0.15, -0.1) is 0 Å². The molecule has 0 saturated carbocycles. The summed E-state index contributed by atoms with van der Waals surface area (Å²) < 4.78 is 5.57. The summed E-state index contributed by atoms with van der Waals surface area (Å²) in [5.41, 5.74) is 10.9. The molecule has 2 aromatic heterocycles. The van der Waals surface area contributed by atoms with Crippen molar-refractivity contribution in [3.63, 3.8) is 0 Å². The fraction of sp³-hybridized carbons (Fsp3) is 0.217. The first-order chi connectivity index (χ1) is 15.5. The first-order valence-electron chi connectivity index (χ1n) is 10.2. The second kappa shape index (κ2) is 9.33. The fourth-order valence-electron chi connectivity index (χ4n) is 3.43. The molecule has 0 saturated heterocycles. The number of aromatic nitrogens is 3. The predicted octanol–water partition coefficient (Wildman–Crippen LogP) is 4.59. The molecule has 0 fully saturated rings. The Morgan fingerprint density at radius 1 is 1.19 bits per heavy atom. The van der Waals surface area contributed by atoms with Gasteiger partial charge in [0.1, 0.15) is 5.75 Å². The van der Waals surface area contributed by atoms with Gasteiger partial charge in [-0.1, -0.05) is 29.8 Å². The first-order valence-corrected chi connectivity index (χ1v) is 10.6. The van der Waals surface area contributed by atoms with Crippen molar-refractivity contribution >= 4 is 45.5 Å². The summed E-state index contributed by atoms with van der Waals surface area (Å²) in [6.45, 7) is 1.65. The van der Waals surface area contributed by atoms with Crippen molar-refractivity contribution in [3.05, 3.63) is 53.8 Å². The van der Waals surface area contributed by atoms with Gasteiger partial charge in [0, 0.05) is 41.8 Å². The number of halogens is 1. The number of hydrogen-bond acceptors (Lipinski definition) is 7. The molecule has 0 aliphatic heterocycles. The summed E-state index contributed by atoms with van der Waals surface area (Å²) in [6.07, 6.45) is 3.48. The Balaban J connectivity index is 1.63. The third-order valence-electron chi connectivity index (χ3n) is 5.08. The van der Waals surface area contributed by atoms with Gasteiger partial charge < -0.3 is 31.0 Å². The fourth-order valence-corrected chi connectivity index (χ4v) is 3.63. The smallest absolute Gasteiger partial charge is 0.227 e. The van der Waals surface area contributed by atoms with Crippen LogP contribution in [0.5, 0.6) is 5.75 Å². The number of nitrogen functional groups attached to an aromatic ring is 1. The van der Waals surface area contributed by atoms with Gasteiger partial charge in [-0.2, -0.15) is 0 Å². The highest BCUT2D eigenvalue weighted by Gasteiger charge is 2.15. The van der Waals surface area contributed by atoms with Gasteiger partial charge in [0.05, 0.1) is 41.1 Å². The molecule has 0 bridgehead atoms. The van der Waals surface area contributed by atoms with Crippen LogP contribution in [0, 0.1) is 0 Å². The number of rotatable bonds is 8. The lowest BCUT2D eigenvalue weighted by Crippen LogP contribution is -2.21. The number of H-pyrrole nitrogens is 1. The lowest BCUT2D eigenvalue weighted by molar-refractivity contribution is 0.416. The summed E-state index contributed by atoms with van der Waals surface area (Å²) in [4.78, 5) is 14.4. The Labute approximate surface area is 191 Å². The second-order valence-corrected chi connectivity index (χ2v) is 8.04. The summed E-state index contributed by atoms with van der Waals surface area (Å²) in [6, 6.07) is 11.7. The highest BCUT2D eigenvalue weighted by atomic mass is 35.5. The average Bonchev–Trinajstić information content (AvgIpc) is 3.20. The zero-order chi connectivity index (χ0) is 22.7.